The predicted octanol–water partition coefficient (Wildman–Crippen LogP) is 4.13. The lowest BCUT2D eigenvalue weighted by atomic mass is 9.89. The highest BCUT2D eigenvalue weighted by atomic mass is 35.5. The molecule has 0 radical (unpaired) electrons. The van der Waals surface area contributed by atoms with Crippen molar-refractivity contribution in [2.24, 2.45) is 5.92 Å². The number of carbonyl (C=O) groups is 1. The Morgan fingerprint density at radius 3 is 2.44 bits per heavy atom. The van der Waals surface area contributed by atoms with Crippen molar-refractivity contribution < 1.29 is 4.79 Å². The number of aromatic nitrogens is 2. The van der Waals surface area contributed by atoms with Crippen LogP contribution in [0, 0.1) is 5.92 Å². The van der Waals surface area contributed by atoms with Crippen molar-refractivity contribution in [3.63, 3.8) is 0 Å². The quantitative estimate of drug-likeness (QED) is 0.702. The molecule has 1 aliphatic carbocycles. The van der Waals surface area contributed by atoms with Gasteiger partial charge in [-0.15, -0.1) is 12.4 Å². The van der Waals surface area contributed by atoms with Gasteiger partial charge in [0.15, 0.2) is 5.82 Å². The number of carbonyl (C=O) groups excluding carboxylic acids is 1. The molecule has 3 N–H and O–H groups in total. The highest BCUT2D eigenvalue weighted by molar-refractivity contribution is 5.89. The van der Waals surface area contributed by atoms with E-state index in [4.69, 9.17) is 0 Å². The zero-order valence-electron chi connectivity index (χ0n) is 14.9. The van der Waals surface area contributed by atoms with E-state index in [9.17, 15) is 4.79 Å². The highest BCUT2D eigenvalue weighted by Gasteiger charge is 2.34. The van der Waals surface area contributed by atoms with Crippen LogP contribution in [0.15, 0.2) is 6.07 Å². The largest absolute Gasteiger partial charge is 0.311 e. The number of fused-ring (bicyclic) bond motifs is 2. The molecule has 1 amide bonds. The fraction of sp³-hybridized carbons (Fsp3) is 0.789. The van der Waals surface area contributed by atoms with Crippen LogP contribution in [0.25, 0.3) is 0 Å². The van der Waals surface area contributed by atoms with Gasteiger partial charge in [-0.25, -0.2) is 0 Å². The molecule has 3 aliphatic rings. The van der Waals surface area contributed by atoms with E-state index in [1.54, 1.807) is 0 Å². The molecule has 1 aromatic heterocycles. The minimum absolute atomic E-state index is 0. The van der Waals surface area contributed by atoms with Crippen LogP contribution in [0.1, 0.15) is 82.2 Å². The smallest absolute Gasteiger partial charge is 0.225 e. The van der Waals surface area contributed by atoms with Gasteiger partial charge in [0.05, 0.1) is 0 Å². The molecule has 6 heteroatoms. The van der Waals surface area contributed by atoms with E-state index in [0.717, 1.165) is 12.8 Å². The van der Waals surface area contributed by atoms with Crippen molar-refractivity contribution in [1.29, 1.82) is 0 Å². The lowest BCUT2D eigenvalue weighted by Gasteiger charge is -2.28. The Morgan fingerprint density at radius 1 is 1.08 bits per heavy atom. The van der Waals surface area contributed by atoms with Crippen molar-refractivity contribution in [3.05, 3.63) is 11.8 Å². The third kappa shape index (κ3) is 4.76. The van der Waals surface area contributed by atoms with E-state index in [1.807, 2.05) is 0 Å². The molecule has 3 heterocycles. The summed E-state index contributed by atoms with van der Waals surface area (Å²) >= 11 is 0. The Labute approximate surface area is 156 Å². The summed E-state index contributed by atoms with van der Waals surface area (Å²) in [6.45, 7) is 0. The highest BCUT2D eigenvalue weighted by Crippen LogP contribution is 2.33. The summed E-state index contributed by atoms with van der Waals surface area (Å²) in [7, 11) is 0. The van der Waals surface area contributed by atoms with Crippen molar-refractivity contribution in [2.45, 2.75) is 88.6 Å². The number of aromatic amines is 1. The summed E-state index contributed by atoms with van der Waals surface area (Å²) < 4.78 is 0. The second-order valence-corrected chi connectivity index (χ2v) is 8.12. The second kappa shape index (κ2) is 8.54. The van der Waals surface area contributed by atoms with Crippen LogP contribution in [0.3, 0.4) is 0 Å². The summed E-state index contributed by atoms with van der Waals surface area (Å²) in [6.07, 6.45) is 13.3. The van der Waals surface area contributed by atoms with E-state index >= 15 is 0 Å². The lowest BCUT2D eigenvalue weighted by Crippen LogP contribution is -2.39. The number of nitrogens with zero attached hydrogens (tertiary/aromatic N) is 1. The first-order chi connectivity index (χ1) is 11.8. The zero-order chi connectivity index (χ0) is 16.4. The summed E-state index contributed by atoms with van der Waals surface area (Å²) in [5.41, 5.74) is 1.20. The summed E-state index contributed by atoms with van der Waals surface area (Å²) in [5, 5.41) is 14.1. The number of nitrogens with one attached hydrogen (secondary N) is 3. The normalized spacial score (nSPS) is 29.7. The molecule has 2 atom stereocenters. The zero-order valence-corrected chi connectivity index (χ0v) is 15.7. The molecule has 0 aromatic carbocycles. The minimum Gasteiger partial charge on any atom is -0.311 e. The number of hydrogen-bond acceptors (Lipinski definition) is 3. The van der Waals surface area contributed by atoms with Crippen LogP contribution in [0.2, 0.25) is 0 Å². The van der Waals surface area contributed by atoms with Gasteiger partial charge < -0.3 is 10.6 Å². The molecule has 5 nitrogen and oxygen atoms in total. The molecule has 140 valence electrons. The van der Waals surface area contributed by atoms with Gasteiger partial charge in [-0.1, -0.05) is 25.7 Å². The van der Waals surface area contributed by atoms with Crippen LogP contribution in [-0.2, 0) is 4.79 Å². The van der Waals surface area contributed by atoms with Crippen molar-refractivity contribution in [3.8, 4) is 0 Å². The van der Waals surface area contributed by atoms with Gasteiger partial charge in [0.1, 0.15) is 0 Å². The molecular weight excluding hydrogens is 336 g/mol. The fourth-order valence-corrected chi connectivity index (χ4v) is 5.00. The number of piperidine rings is 1. The van der Waals surface area contributed by atoms with Gasteiger partial charge in [-0.05, 0) is 44.4 Å². The summed E-state index contributed by atoms with van der Waals surface area (Å²) in [5.74, 6) is 1.95. The van der Waals surface area contributed by atoms with Crippen LogP contribution < -0.4 is 10.6 Å². The van der Waals surface area contributed by atoms with Crippen LogP contribution in [0.5, 0.6) is 0 Å². The molecule has 1 aromatic rings. The fourth-order valence-electron chi connectivity index (χ4n) is 5.00. The topological polar surface area (TPSA) is 69.8 Å². The third-order valence-electron chi connectivity index (χ3n) is 6.20. The third-order valence-corrected chi connectivity index (χ3v) is 6.20. The minimum atomic E-state index is 0. The first-order valence-electron chi connectivity index (χ1n) is 9.87. The molecular formula is C19H31ClN4O. The monoisotopic (exact) mass is 366 g/mol. The number of anilines is 1. The Bertz CT molecular complexity index is 556. The predicted molar refractivity (Wildman–Crippen MR) is 102 cm³/mol. The molecule has 4 rings (SSSR count). The molecule has 2 bridgehead atoms. The SMILES string of the molecule is Cl.O=C(CC1CC2CCC(C1)N2)Nc1cc(C2CCCCCC2)[nH]n1. The van der Waals surface area contributed by atoms with Crippen LogP contribution in [-0.4, -0.2) is 28.2 Å². The maximum absolute atomic E-state index is 12.4. The van der Waals surface area contributed by atoms with Crippen molar-refractivity contribution in [2.75, 3.05) is 5.32 Å². The second-order valence-electron chi connectivity index (χ2n) is 8.12. The molecule has 2 aliphatic heterocycles. The lowest BCUT2D eigenvalue weighted by molar-refractivity contribution is -0.117. The first-order valence-corrected chi connectivity index (χ1v) is 9.87. The first kappa shape index (κ1) is 18.7. The van der Waals surface area contributed by atoms with Gasteiger partial charge in [0.25, 0.3) is 0 Å². The number of halogens is 1. The van der Waals surface area contributed by atoms with E-state index in [-0.39, 0.29) is 18.3 Å². The summed E-state index contributed by atoms with van der Waals surface area (Å²) in [4.78, 5) is 12.4. The Balaban J connectivity index is 0.00000182. The number of amides is 1. The Kier molecular flexibility index (Phi) is 6.39. The van der Waals surface area contributed by atoms with Crippen LogP contribution >= 0.6 is 12.4 Å². The molecule has 2 unspecified atom stereocenters. The van der Waals surface area contributed by atoms with Crippen LogP contribution in [0.4, 0.5) is 5.82 Å². The summed E-state index contributed by atoms with van der Waals surface area (Å²) in [6, 6.07) is 3.35. The molecule has 1 saturated carbocycles. The van der Waals surface area contributed by atoms with E-state index in [0.29, 0.717) is 36.2 Å². The molecule has 0 spiro atoms. The average Bonchev–Trinajstić information content (AvgIpc) is 3.04. The number of rotatable bonds is 4. The van der Waals surface area contributed by atoms with Gasteiger partial charge >= 0.3 is 0 Å². The molecule has 2 saturated heterocycles. The Hall–Kier alpha value is -1.07. The van der Waals surface area contributed by atoms with Gasteiger partial charge in [0.2, 0.25) is 5.91 Å². The number of hydrogen-bond donors (Lipinski definition) is 3. The number of H-pyrrole nitrogens is 1. The standard InChI is InChI=1S/C19H30N4O.ClH/c24-19(11-13-9-15-7-8-16(10-13)20-15)21-18-12-17(22-23-18)14-5-3-1-2-4-6-14;/h12-16,20H,1-11H2,(H2,21,22,23,24);1H. The van der Waals surface area contributed by atoms with E-state index in [1.165, 1.54) is 57.1 Å². The van der Waals surface area contributed by atoms with E-state index < -0.39 is 0 Å². The van der Waals surface area contributed by atoms with Crippen molar-refractivity contribution >= 4 is 24.1 Å². The maximum atomic E-state index is 12.4. The average molecular weight is 367 g/mol. The maximum Gasteiger partial charge on any atom is 0.225 e. The van der Waals surface area contributed by atoms with Gasteiger partial charge in [-0.3, -0.25) is 9.89 Å². The molecule has 3 fully saturated rings. The van der Waals surface area contributed by atoms with Crippen molar-refractivity contribution in [1.82, 2.24) is 15.5 Å². The van der Waals surface area contributed by atoms with Gasteiger partial charge in [-0.2, -0.15) is 5.10 Å². The van der Waals surface area contributed by atoms with Gasteiger partial charge in [0, 0.05) is 36.2 Å². The van der Waals surface area contributed by atoms with E-state index in [2.05, 4.69) is 26.9 Å². The Morgan fingerprint density at radius 2 is 1.76 bits per heavy atom. The molecule has 25 heavy (non-hydrogen) atoms.